The van der Waals surface area contributed by atoms with Crippen molar-refractivity contribution >= 4 is 16.8 Å². The third kappa shape index (κ3) is 1.49. The quantitative estimate of drug-likeness (QED) is 0.786. The second-order valence-electron chi connectivity index (χ2n) is 6.32. The maximum Gasteiger partial charge on any atom is 0.347 e. The average Bonchev–Trinajstić information content (AvgIpc) is 3.17. The summed E-state index contributed by atoms with van der Waals surface area (Å²) in [7, 11) is 1.50. The summed E-state index contributed by atoms with van der Waals surface area (Å²) in [5.74, 6) is 0.598. The molecule has 2 aromatic rings. The highest BCUT2D eigenvalue weighted by Gasteiger charge is 2.55. The Morgan fingerprint density at radius 3 is 2.96 bits per heavy atom. The SMILES string of the molecule is COc1cc2c(c3oc(=O)c4c(c13)CCC4=O)[C@]1(O)CCOC1O2. The van der Waals surface area contributed by atoms with E-state index in [4.69, 9.17) is 18.6 Å². The van der Waals surface area contributed by atoms with Gasteiger partial charge in [0.1, 0.15) is 17.1 Å². The van der Waals surface area contributed by atoms with Gasteiger partial charge in [-0.15, -0.1) is 0 Å². The predicted octanol–water partition coefficient (Wildman–Crippen LogP) is 1.26. The fourth-order valence-corrected chi connectivity index (χ4v) is 4.02. The van der Waals surface area contributed by atoms with Gasteiger partial charge in [-0.2, -0.15) is 0 Å². The number of aryl methyl sites for hydroxylation is 1. The van der Waals surface area contributed by atoms with Crippen molar-refractivity contribution in [2.24, 2.45) is 0 Å². The Balaban J connectivity index is 1.95. The van der Waals surface area contributed by atoms with Crippen LogP contribution in [0.25, 0.3) is 11.0 Å². The molecular weight excluding hydrogens is 316 g/mol. The fourth-order valence-electron chi connectivity index (χ4n) is 4.02. The molecule has 1 aromatic heterocycles. The standard InChI is InChI=1S/C17H14O7/c1-21-9-6-10-13(17(20)4-5-22-16(17)23-10)14-12(9)7-2-3-8(18)11(7)15(19)24-14/h6,16,20H,2-5H2,1H3/t16?,17-/m1/s1. The number of Topliss-reactive ketones (excluding diaryl/α,β-unsaturated/α-hetero) is 1. The Labute approximate surface area is 135 Å². The third-order valence-electron chi connectivity index (χ3n) is 5.12. The summed E-state index contributed by atoms with van der Waals surface area (Å²) in [5, 5.41) is 11.6. The first kappa shape index (κ1) is 14.0. The van der Waals surface area contributed by atoms with Crippen molar-refractivity contribution < 1.29 is 28.5 Å². The minimum Gasteiger partial charge on any atom is -0.496 e. The molecule has 3 aliphatic rings. The van der Waals surface area contributed by atoms with Crippen LogP contribution >= 0.6 is 0 Å². The van der Waals surface area contributed by atoms with Gasteiger partial charge in [0.05, 0.1) is 24.7 Å². The molecule has 2 atom stereocenters. The number of benzene rings is 1. The molecule has 24 heavy (non-hydrogen) atoms. The monoisotopic (exact) mass is 330 g/mol. The molecule has 7 heteroatoms. The first-order chi connectivity index (χ1) is 11.5. The summed E-state index contributed by atoms with van der Waals surface area (Å²) in [6.45, 7) is 0.349. The molecule has 1 unspecified atom stereocenters. The van der Waals surface area contributed by atoms with Crippen molar-refractivity contribution in [1.82, 2.24) is 0 Å². The molecule has 7 nitrogen and oxygen atoms in total. The molecule has 0 saturated carbocycles. The van der Waals surface area contributed by atoms with E-state index in [0.717, 1.165) is 0 Å². The molecule has 0 spiro atoms. The van der Waals surface area contributed by atoms with E-state index < -0.39 is 17.5 Å². The van der Waals surface area contributed by atoms with Crippen LogP contribution in [0, 0.1) is 0 Å². The molecule has 1 saturated heterocycles. The Morgan fingerprint density at radius 2 is 2.17 bits per heavy atom. The zero-order chi connectivity index (χ0) is 16.6. The molecule has 5 rings (SSSR count). The summed E-state index contributed by atoms with van der Waals surface area (Å²) < 4.78 is 22.0. The van der Waals surface area contributed by atoms with E-state index in [-0.39, 0.29) is 23.4 Å². The van der Waals surface area contributed by atoms with Crippen LogP contribution in [-0.2, 0) is 16.8 Å². The molecule has 1 N–H and O–H groups in total. The molecule has 1 aromatic carbocycles. The lowest BCUT2D eigenvalue weighted by atomic mass is 9.90. The van der Waals surface area contributed by atoms with Gasteiger partial charge in [0.15, 0.2) is 17.0 Å². The Hall–Kier alpha value is -2.38. The third-order valence-corrected chi connectivity index (χ3v) is 5.12. The van der Waals surface area contributed by atoms with Gasteiger partial charge in [0, 0.05) is 18.9 Å². The van der Waals surface area contributed by atoms with Gasteiger partial charge < -0.3 is 23.7 Å². The van der Waals surface area contributed by atoms with E-state index in [9.17, 15) is 14.7 Å². The van der Waals surface area contributed by atoms with E-state index in [1.165, 1.54) is 7.11 Å². The molecule has 1 fully saturated rings. The minimum atomic E-state index is -1.37. The van der Waals surface area contributed by atoms with E-state index >= 15 is 0 Å². The van der Waals surface area contributed by atoms with Crippen molar-refractivity contribution in [3.8, 4) is 11.5 Å². The number of rotatable bonds is 1. The van der Waals surface area contributed by atoms with Gasteiger partial charge in [-0.3, -0.25) is 4.79 Å². The molecule has 0 bridgehead atoms. The van der Waals surface area contributed by atoms with Crippen LogP contribution in [0.2, 0.25) is 0 Å². The predicted molar refractivity (Wildman–Crippen MR) is 80.6 cm³/mol. The van der Waals surface area contributed by atoms with E-state index in [2.05, 4.69) is 0 Å². The van der Waals surface area contributed by atoms with Crippen molar-refractivity contribution in [2.45, 2.75) is 31.2 Å². The first-order valence-electron chi connectivity index (χ1n) is 7.79. The zero-order valence-electron chi connectivity index (χ0n) is 12.9. The van der Waals surface area contributed by atoms with Crippen LogP contribution in [0.4, 0.5) is 0 Å². The van der Waals surface area contributed by atoms with Crippen molar-refractivity contribution in [3.05, 3.63) is 33.2 Å². The Morgan fingerprint density at radius 1 is 1.33 bits per heavy atom. The lowest BCUT2D eigenvalue weighted by Crippen LogP contribution is -2.33. The normalized spacial score (nSPS) is 27.1. The van der Waals surface area contributed by atoms with Crippen molar-refractivity contribution in [1.29, 1.82) is 0 Å². The summed E-state index contributed by atoms with van der Waals surface area (Å²) >= 11 is 0. The highest BCUT2D eigenvalue weighted by molar-refractivity contribution is 6.06. The molecule has 3 heterocycles. The van der Waals surface area contributed by atoms with Crippen LogP contribution in [0.3, 0.4) is 0 Å². The molecule has 1 aliphatic carbocycles. The fraction of sp³-hybridized carbons (Fsp3) is 0.412. The number of methoxy groups -OCH3 is 1. The topological polar surface area (TPSA) is 95.2 Å². The van der Waals surface area contributed by atoms with E-state index in [1.807, 2.05) is 0 Å². The zero-order valence-corrected chi connectivity index (χ0v) is 12.9. The van der Waals surface area contributed by atoms with Gasteiger partial charge in [-0.05, 0) is 12.0 Å². The number of aliphatic hydroxyl groups is 1. The van der Waals surface area contributed by atoms with Gasteiger partial charge in [0.2, 0.25) is 6.29 Å². The highest BCUT2D eigenvalue weighted by atomic mass is 16.7. The highest BCUT2D eigenvalue weighted by Crippen LogP contribution is 2.53. The number of ketones is 1. The molecule has 0 amide bonds. The first-order valence-corrected chi connectivity index (χ1v) is 7.79. The smallest absolute Gasteiger partial charge is 0.347 e. The molecule has 0 radical (unpaired) electrons. The van der Waals surface area contributed by atoms with Crippen LogP contribution in [-0.4, -0.2) is 30.9 Å². The van der Waals surface area contributed by atoms with E-state index in [0.29, 0.717) is 47.5 Å². The van der Waals surface area contributed by atoms with Gasteiger partial charge in [0.25, 0.3) is 0 Å². The van der Waals surface area contributed by atoms with Crippen molar-refractivity contribution in [2.75, 3.05) is 13.7 Å². The number of carbonyl (C=O) groups is 1. The lowest BCUT2D eigenvalue weighted by Gasteiger charge is -2.20. The number of fused-ring (bicyclic) bond motifs is 7. The number of hydrogen-bond acceptors (Lipinski definition) is 7. The molecular formula is C17H14O7. The van der Waals surface area contributed by atoms with Crippen LogP contribution < -0.4 is 15.1 Å². The molecule has 124 valence electrons. The van der Waals surface area contributed by atoms with Crippen LogP contribution in [0.5, 0.6) is 11.5 Å². The summed E-state index contributed by atoms with van der Waals surface area (Å²) in [5.41, 5.74) is -0.713. The second kappa shape index (κ2) is 4.37. The largest absolute Gasteiger partial charge is 0.496 e. The lowest BCUT2D eigenvalue weighted by molar-refractivity contribution is -0.123. The van der Waals surface area contributed by atoms with Crippen molar-refractivity contribution in [3.63, 3.8) is 0 Å². The van der Waals surface area contributed by atoms with Crippen LogP contribution in [0.15, 0.2) is 15.3 Å². The van der Waals surface area contributed by atoms with E-state index in [1.54, 1.807) is 6.07 Å². The average molecular weight is 330 g/mol. The maximum absolute atomic E-state index is 12.3. The van der Waals surface area contributed by atoms with Crippen LogP contribution in [0.1, 0.15) is 34.3 Å². The van der Waals surface area contributed by atoms with Gasteiger partial charge in [-0.25, -0.2) is 4.79 Å². The number of ether oxygens (including phenoxy) is 3. The number of hydrogen-bond donors (Lipinski definition) is 1. The summed E-state index contributed by atoms with van der Waals surface area (Å²) in [4.78, 5) is 24.4. The molecule has 2 aliphatic heterocycles. The minimum absolute atomic E-state index is 0.0888. The second-order valence-corrected chi connectivity index (χ2v) is 6.32. The van der Waals surface area contributed by atoms with Gasteiger partial charge >= 0.3 is 5.63 Å². The maximum atomic E-state index is 12.3. The van der Waals surface area contributed by atoms with Gasteiger partial charge in [-0.1, -0.05) is 0 Å². The summed E-state index contributed by atoms with van der Waals surface area (Å²) in [6.07, 6.45) is 0.227. The summed E-state index contributed by atoms with van der Waals surface area (Å²) in [6, 6.07) is 1.65. The Bertz CT molecular complexity index is 973. The number of carbonyl (C=O) groups excluding carboxylic acids is 1. The Kier molecular flexibility index (Phi) is 2.55.